The van der Waals surface area contributed by atoms with E-state index >= 15 is 0 Å². The Labute approximate surface area is 139 Å². The Morgan fingerprint density at radius 3 is 2.57 bits per heavy atom. The summed E-state index contributed by atoms with van der Waals surface area (Å²) in [5.74, 6) is 0.829. The van der Waals surface area contributed by atoms with Gasteiger partial charge in [-0.25, -0.2) is 0 Å². The molecule has 1 aliphatic carbocycles. The van der Waals surface area contributed by atoms with Crippen LogP contribution in [0.3, 0.4) is 0 Å². The first kappa shape index (κ1) is 16.3. The van der Waals surface area contributed by atoms with Crippen molar-refractivity contribution >= 4 is 12.0 Å². The van der Waals surface area contributed by atoms with Crippen molar-refractivity contribution < 1.29 is 4.79 Å². The summed E-state index contributed by atoms with van der Waals surface area (Å²) in [6, 6.07) is 7.81. The lowest BCUT2D eigenvalue weighted by Gasteiger charge is -2.42. The number of carbonyl (C=O) groups is 1. The van der Waals surface area contributed by atoms with Crippen LogP contribution in [0, 0.1) is 11.3 Å². The highest BCUT2D eigenvalue weighted by Crippen LogP contribution is 2.42. The van der Waals surface area contributed by atoms with Crippen LogP contribution in [0.25, 0.3) is 6.08 Å². The minimum Gasteiger partial charge on any atom is -0.336 e. The fraction of sp³-hybridized carbons (Fsp3) is 0.550. The van der Waals surface area contributed by atoms with Crippen LogP contribution in [-0.2, 0) is 4.79 Å². The topological polar surface area (TPSA) is 41.1 Å². The first-order valence-corrected chi connectivity index (χ1v) is 8.65. The van der Waals surface area contributed by atoms with Crippen LogP contribution >= 0.6 is 0 Å². The number of hydrogen-bond donors (Lipinski definition) is 2. The third-order valence-corrected chi connectivity index (χ3v) is 5.59. The number of nitrogens with one attached hydrogen (secondary N) is 2. The van der Waals surface area contributed by atoms with Crippen molar-refractivity contribution in [2.45, 2.75) is 58.2 Å². The maximum Gasteiger partial charge on any atom is 0.243 e. The van der Waals surface area contributed by atoms with Gasteiger partial charge in [0.05, 0.1) is 5.66 Å². The van der Waals surface area contributed by atoms with Gasteiger partial charge in [-0.15, -0.1) is 0 Å². The molecule has 2 fully saturated rings. The molecule has 1 spiro atoms. The normalized spacial score (nSPS) is 31.2. The summed E-state index contributed by atoms with van der Waals surface area (Å²) in [7, 11) is 0. The van der Waals surface area contributed by atoms with E-state index < -0.39 is 0 Å². The van der Waals surface area contributed by atoms with Gasteiger partial charge < -0.3 is 5.32 Å². The molecule has 1 aromatic carbocycles. The molecule has 1 unspecified atom stereocenters. The van der Waals surface area contributed by atoms with Gasteiger partial charge >= 0.3 is 0 Å². The van der Waals surface area contributed by atoms with E-state index in [1.165, 1.54) is 0 Å². The summed E-state index contributed by atoms with van der Waals surface area (Å²) in [4.78, 5) is 12.5. The van der Waals surface area contributed by atoms with Crippen LogP contribution in [0.1, 0.15) is 63.6 Å². The minimum atomic E-state index is -0.249. The average molecular weight is 312 g/mol. The Morgan fingerprint density at radius 1 is 1.26 bits per heavy atom. The molecule has 1 saturated carbocycles. The average Bonchev–Trinajstić information content (AvgIpc) is 2.83. The van der Waals surface area contributed by atoms with Gasteiger partial charge in [-0.3, -0.25) is 10.1 Å². The van der Waals surface area contributed by atoms with Gasteiger partial charge in [0.25, 0.3) is 0 Å². The second kappa shape index (κ2) is 5.79. The molecule has 2 aliphatic rings. The lowest BCUT2D eigenvalue weighted by molar-refractivity contribution is -0.121. The van der Waals surface area contributed by atoms with Crippen LogP contribution in [0.5, 0.6) is 0 Å². The molecule has 3 rings (SSSR count). The maximum atomic E-state index is 12.5. The second-order valence-corrected chi connectivity index (χ2v) is 8.16. The van der Waals surface area contributed by atoms with Crippen LogP contribution in [0.4, 0.5) is 0 Å². The largest absolute Gasteiger partial charge is 0.336 e. The van der Waals surface area contributed by atoms with E-state index in [-0.39, 0.29) is 17.6 Å². The van der Waals surface area contributed by atoms with E-state index in [1.54, 1.807) is 0 Å². The lowest BCUT2D eigenvalue weighted by Crippen LogP contribution is -2.53. The van der Waals surface area contributed by atoms with Crippen LogP contribution in [-0.4, -0.2) is 11.6 Å². The fourth-order valence-electron chi connectivity index (χ4n) is 4.03. The molecule has 1 aliphatic heterocycles. The first-order chi connectivity index (χ1) is 10.8. The Morgan fingerprint density at radius 2 is 1.96 bits per heavy atom. The van der Waals surface area contributed by atoms with E-state index in [2.05, 4.69) is 38.0 Å². The van der Waals surface area contributed by atoms with E-state index in [9.17, 15) is 4.79 Å². The second-order valence-electron chi connectivity index (χ2n) is 8.16. The van der Waals surface area contributed by atoms with Crippen molar-refractivity contribution in [2.75, 3.05) is 0 Å². The monoisotopic (exact) mass is 312 g/mol. The zero-order valence-corrected chi connectivity index (χ0v) is 14.5. The van der Waals surface area contributed by atoms with E-state index in [1.807, 2.05) is 30.3 Å². The predicted molar refractivity (Wildman–Crippen MR) is 94.7 cm³/mol. The van der Waals surface area contributed by atoms with E-state index in [0.717, 1.165) is 42.7 Å². The van der Waals surface area contributed by atoms with Crippen molar-refractivity contribution in [2.24, 2.45) is 11.3 Å². The van der Waals surface area contributed by atoms with Gasteiger partial charge in [-0.05, 0) is 54.2 Å². The molecule has 1 atom stereocenters. The predicted octanol–water partition coefficient (Wildman–Crippen LogP) is 4.02. The Balaban J connectivity index is 1.74. The van der Waals surface area contributed by atoms with Crippen molar-refractivity contribution in [1.82, 2.24) is 10.6 Å². The highest BCUT2D eigenvalue weighted by Gasteiger charge is 2.47. The molecule has 1 heterocycles. The number of hydrogen-bond acceptors (Lipinski definition) is 2. The SMILES string of the molecule is C=Cc1cccc(C2NC3(CCC(C(C)(C)C)CC3)NC2=O)c1. The van der Waals surface area contributed by atoms with Crippen molar-refractivity contribution in [3.63, 3.8) is 0 Å². The molecule has 1 aromatic rings. The van der Waals surface area contributed by atoms with E-state index in [0.29, 0.717) is 5.41 Å². The fourth-order valence-corrected chi connectivity index (χ4v) is 4.03. The Hall–Kier alpha value is -1.61. The van der Waals surface area contributed by atoms with E-state index in [4.69, 9.17) is 0 Å². The summed E-state index contributed by atoms with van der Waals surface area (Å²) in [6.07, 6.45) is 6.17. The summed E-state index contributed by atoms with van der Waals surface area (Å²) < 4.78 is 0. The van der Waals surface area contributed by atoms with Gasteiger partial charge in [0.1, 0.15) is 6.04 Å². The maximum absolute atomic E-state index is 12.5. The molecule has 0 aromatic heterocycles. The summed E-state index contributed by atoms with van der Waals surface area (Å²) >= 11 is 0. The minimum absolute atomic E-state index is 0.0976. The van der Waals surface area contributed by atoms with Crippen molar-refractivity contribution in [3.8, 4) is 0 Å². The van der Waals surface area contributed by atoms with Gasteiger partial charge in [0, 0.05) is 0 Å². The van der Waals surface area contributed by atoms with Gasteiger partial charge in [-0.1, -0.05) is 51.6 Å². The Bertz CT molecular complexity index is 606. The van der Waals surface area contributed by atoms with Crippen molar-refractivity contribution in [1.29, 1.82) is 0 Å². The molecule has 0 bridgehead atoms. The molecule has 124 valence electrons. The number of rotatable bonds is 2. The molecule has 2 N–H and O–H groups in total. The zero-order chi connectivity index (χ0) is 16.7. The standard InChI is InChI=1S/C20H28N2O/c1-5-14-7-6-8-15(13-14)17-18(23)22-20(21-17)11-9-16(10-12-20)19(2,3)4/h5-8,13,16-17,21H,1,9-12H2,2-4H3,(H,22,23). The molecule has 23 heavy (non-hydrogen) atoms. The molecule has 3 nitrogen and oxygen atoms in total. The molecule has 1 amide bonds. The third kappa shape index (κ3) is 3.20. The smallest absolute Gasteiger partial charge is 0.243 e. The van der Waals surface area contributed by atoms with Crippen LogP contribution in [0.2, 0.25) is 0 Å². The molecule has 0 radical (unpaired) electrons. The molecular weight excluding hydrogens is 284 g/mol. The van der Waals surface area contributed by atoms with Gasteiger partial charge in [-0.2, -0.15) is 0 Å². The van der Waals surface area contributed by atoms with Crippen LogP contribution < -0.4 is 10.6 Å². The highest BCUT2D eigenvalue weighted by atomic mass is 16.2. The lowest BCUT2D eigenvalue weighted by atomic mass is 9.70. The summed E-state index contributed by atoms with van der Waals surface area (Å²) in [5.41, 5.74) is 2.21. The highest BCUT2D eigenvalue weighted by molar-refractivity contribution is 5.86. The molecular formula is C20H28N2O. The number of benzene rings is 1. The summed E-state index contributed by atoms with van der Waals surface area (Å²) in [5, 5.41) is 6.85. The zero-order valence-electron chi connectivity index (χ0n) is 14.5. The number of amides is 1. The first-order valence-electron chi connectivity index (χ1n) is 8.65. The van der Waals surface area contributed by atoms with Gasteiger partial charge in [0.15, 0.2) is 0 Å². The van der Waals surface area contributed by atoms with Crippen LogP contribution in [0.15, 0.2) is 30.8 Å². The Kier molecular flexibility index (Phi) is 4.09. The van der Waals surface area contributed by atoms with Crippen molar-refractivity contribution in [3.05, 3.63) is 42.0 Å². The molecule has 3 heteroatoms. The van der Waals surface area contributed by atoms with Gasteiger partial charge in [0.2, 0.25) is 5.91 Å². The third-order valence-electron chi connectivity index (χ3n) is 5.59. The quantitative estimate of drug-likeness (QED) is 0.866. The molecule has 1 saturated heterocycles. The summed E-state index contributed by atoms with van der Waals surface area (Å²) in [6.45, 7) is 10.8. The number of carbonyl (C=O) groups excluding carboxylic acids is 1.